The van der Waals surface area contributed by atoms with Gasteiger partial charge in [0.15, 0.2) is 9.84 Å². The van der Waals surface area contributed by atoms with E-state index in [9.17, 15) is 21.6 Å². The van der Waals surface area contributed by atoms with Gasteiger partial charge in [-0.3, -0.25) is 10.1 Å². The molecule has 0 spiro atoms. The van der Waals surface area contributed by atoms with Crippen LogP contribution in [-0.2, 0) is 20.8 Å². The molecule has 3 heterocycles. The second-order valence-electron chi connectivity index (χ2n) is 7.41. The molecule has 3 aromatic rings. The van der Waals surface area contributed by atoms with Gasteiger partial charge in [-0.15, -0.1) is 0 Å². The van der Waals surface area contributed by atoms with Gasteiger partial charge in [0.25, 0.3) is 0 Å². The molecule has 0 bridgehead atoms. The van der Waals surface area contributed by atoms with E-state index in [1.807, 2.05) is 11.2 Å². The number of anilines is 1. The fraction of sp³-hybridized carbons (Fsp3) is 0.429. The van der Waals surface area contributed by atoms with Crippen molar-refractivity contribution < 1.29 is 31.1 Å². The maximum absolute atomic E-state index is 13.0. The monoisotopic (exact) mass is 486 g/mol. The third kappa shape index (κ3) is 5.38. The number of benzene rings is 1. The van der Waals surface area contributed by atoms with Gasteiger partial charge < -0.3 is 14.8 Å². The number of aryl methyl sites for hydroxylation is 1. The number of H-pyrrole nitrogens is 1. The molecular formula is C21H25F3N4O4S. The summed E-state index contributed by atoms with van der Waals surface area (Å²) in [5, 5.41) is 8.52. The smallest absolute Gasteiger partial charge is 0.433 e. The molecule has 8 nitrogen and oxygen atoms in total. The third-order valence-electron chi connectivity index (χ3n) is 5.32. The molecule has 1 aliphatic heterocycles. The summed E-state index contributed by atoms with van der Waals surface area (Å²) in [5.41, 5.74) is 0.876. The maximum atomic E-state index is 13.0. The van der Waals surface area contributed by atoms with Crippen LogP contribution in [0.25, 0.3) is 10.9 Å². The normalized spacial score (nSPS) is 15.1. The zero-order chi connectivity index (χ0) is 24.2. The lowest BCUT2D eigenvalue weighted by Gasteiger charge is -2.23. The van der Waals surface area contributed by atoms with E-state index >= 15 is 0 Å². The predicted molar refractivity (Wildman–Crippen MR) is 117 cm³/mol. The number of pyridine rings is 1. The van der Waals surface area contributed by atoms with Crippen LogP contribution in [0.2, 0.25) is 0 Å². The highest BCUT2D eigenvalue weighted by molar-refractivity contribution is 7.92. The van der Waals surface area contributed by atoms with E-state index in [1.165, 1.54) is 14.0 Å². The molecule has 4 rings (SSSR count). The molecule has 1 fully saturated rings. The first-order valence-corrected chi connectivity index (χ1v) is 11.7. The second kappa shape index (κ2) is 9.96. The second-order valence-corrected chi connectivity index (χ2v) is 9.61. The molecule has 0 amide bonds. The number of aromatic nitrogens is 3. The Kier molecular flexibility index (Phi) is 7.48. The number of sulfone groups is 1. The Morgan fingerprint density at radius 1 is 1.24 bits per heavy atom. The van der Waals surface area contributed by atoms with Crippen LogP contribution in [-0.4, -0.2) is 56.2 Å². The summed E-state index contributed by atoms with van der Waals surface area (Å²) in [5.74, 6) is 0.338. The highest BCUT2D eigenvalue weighted by Gasteiger charge is 2.34. The van der Waals surface area contributed by atoms with Gasteiger partial charge in [0.05, 0.1) is 24.1 Å². The Hall–Kier alpha value is -2.86. The molecule has 1 saturated heterocycles. The number of rotatable bonds is 4. The number of methoxy groups -OCH3 is 1. The summed E-state index contributed by atoms with van der Waals surface area (Å²) in [6.45, 7) is 2.30. The van der Waals surface area contributed by atoms with Crippen molar-refractivity contribution in [1.82, 2.24) is 15.2 Å². The number of hydrogen-bond donors (Lipinski definition) is 2. The molecule has 2 N–H and O–H groups in total. The molecule has 12 heteroatoms. The first-order valence-electron chi connectivity index (χ1n) is 10.1. The first kappa shape index (κ1) is 24.8. The minimum Gasteiger partial charge on any atom is -0.495 e. The van der Waals surface area contributed by atoms with Crippen molar-refractivity contribution in [2.75, 3.05) is 32.7 Å². The lowest BCUT2D eigenvalue weighted by molar-refractivity contribution is -0.141. The quantitative estimate of drug-likeness (QED) is 0.575. The Morgan fingerprint density at radius 3 is 2.45 bits per heavy atom. The standard InChI is InChI=1S/C16H20N2O4S.C5H5F3N2/c1-17-13-3-6-18-14-10-15(21-2)16(9-12(13)14)23(19,20)11-4-7-22-8-5-11;1-3-2-9-10-4(3)5(6,7)8/h3,6,9-11H,4-5,7-8H2,1-2H3,(H,17,18);2H,1H3,(H,9,10). The van der Waals surface area contributed by atoms with Crippen LogP contribution in [0.5, 0.6) is 5.75 Å². The number of hydrogen-bond acceptors (Lipinski definition) is 7. The van der Waals surface area contributed by atoms with Gasteiger partial charge in [-0.05, 0) is 37.5 Å². The molecule has 33 heavy (non-hydrogen) atoms. The van der Waals surface area contributed by atoms with Crippen LogP contribution in [0, 0.1) is 6.92 Å². The number of aromatic amines is 1. The average molecular weight is 487 g/mol. The Balaban J connectivity index is 0.000000257. The van der Waals surface area contributed by atoms with Crippen LogP contribution in [0.4, 0.5) is 18.9 Å². The Morgan fingerprint density at radius 2 is 1.94 bits per heavy atom. The SMILES string of the molecule is CNc1ccnc2cc(OC)c(S(=O)(=O)C3CCOCC3)cc12.Cc1cn[nH]c1C(F)(F)F. The molecule has 0 radical (unpaired) electrons. The number of alkyl halides is 3. The van der Waals surface area contributed by atoms with Crippen molar-refractivity contribution in [3.63, 3.8) is 0 Å². The molecule has 0 atom stereocenters. The van der Waals surface area contributed by atoms with Gasteiger partial charge in [-0.1, -0.05) is 0 Å². The fourth-order valence-electron chi connectivity index (χ4n) is 3.55. The van der Waals surface area contributed by atoms with E-state index < -0.39 is 27.0 Å². The van der Waals surface area contributed by atoms with Crippen LogP contribution in [0.1, 0.15) is 24.1 Å². The van der Waals surface area contributed by atoms with Crippen molar-refractivity contribution in [2.45, 2.75) is 36.1 Å². The fourth-order valence-corrected chi connectivity index (χ4v) is 5.43. The summed E-state index contributed by atoms with van der Waals surface area (Å²) >= 11 is 0. The van der Waals surface area contributed by atoms with E-state index in [0.29, 0.717) is 37.3 Å². The topological polar surface area (TPSA) is 106 Å². The van der Waals surface area contributed by atoms with E-state index in [1.54, 1.807) is 25.4 Å². The molecule has 180 valence electrons. The van der Waals surface area contributed by atoms with Crippen molar-refractivity contribution in [3.8, 4) is 5.75 Å². The number of nitrogens with zero attached hydrogens (tertiary/aromatic N) is 2. The molecule has 1 aromatic carbocycles. The minimum absolute atomic E-state index is 0.118. The van der Waals surface area contributed by atoms with E-state index in [0.717, 1.165) is 17.3 Å². The van der Waals surface area contributed by atoms with Crippen molar-refractivity contribution in [2.24, 2.45) is 0 Å². The lowest BCUT2D eigenvalue weighted by Crippen LogP contribution is -2.29. The number of halogens is 3. The molecule has 0 aliphatic carbocycles. The molecule has 1 aliphatic rings. The zero-order valence-electron chi connectivity index (χ0n) is 18.4. The van der Waals surface area contributed by atoms with Gasteiger partial charge in [0.1, 0.15) is 16.3 Å². The van der Waals surface area contributed by atoms with E-state index in [-0.39, 0.29) is 10.5 Å². The summed E-state index contributed by atoms with van der Waals surface area (Å²) < 4.78 is 72.1. The van der Waals surface area contributed by atoms with Gasteiger partial charge in [-0.25, -0.2) is 8.42 Å². The third-order valence-corrected chi connectivity index (χ3v) is 7.60. The summed E-state index contributed by atoms with van der Waals surface area (Å²) in [6, 6.07) is 5.17. The van der Waals surface area contributed by atoms with Crippen molar-refractivity contribution >= 4 is 26.4 Å². The van der Waals surface area contributed by atoms with Crippen LogP contribution in [0.15, 0.2) is 35.5 Å². The predicted octanol–water partition coefficient (Wildman–Crippen LogP) is 3.97. The highest BCUT2D eigenvalue weighted by atomic mass is 32.2. The van der Waals surface area contributed by atoms with Crippen molar-refractivity contribution in [1.29, 1.82) is 0 Å². The zero-order valence-corrected chi connectivity index (χ0v) is 19.2. The Bertz CT molecular complexity index is 1210. The molecule has 2 aromatic heterocycles. The van der Waals surface area contributed by atoms with Gasteiger partial charge in [0, 0.05) is 43.6 Å². The minimum atomic E-state index is -4.30. The average Bonchev–Trinajstić information content (AvgIpc) is 3.25. The van der Waals surface area contributed by atoms with E-state index in [4.69, 9.17) is 9.47 Å². The number of nitrogens with one attached hydrogen (secondary N) is 2. The van der Waals surface area contributed by atoms with E-state index in [2.05, 4.69) is 15.4 Å². The summed E-state index contributed by atoms with van der Waals surface area (Å²) in [6.07, 6.45) is -0.464. The van der Waals surface area contributed by atoms with Crippen LogP contribution < -0.4 is 10.1 Å². The molecule has 0 saturated carbocycles. The maximum Gasteiger partial charge on any atom is 0.433 e. The Labute approximate surface area is 189 Å². The highest BCUT2D eigenvalue weighted by Crippen LogP contribution is 2.35. The van der Waals surface area contributed by atoms with Crippen molar-refractivity contribution in [3.05, 3.63) is 41.9 Å². The van der Waals surface area contributed by atoms with Gasteiger partial charge >= 0.3 is 6.18 Å². The summed E-state index contributed by atoms with van der Waals surface area (Å²) in [7, 11) is -0.206. The van der Waals surface area contributed by atoms with Gasteiger partial charge in [-0.2, -0.15) is 18.3 Å². The van der Waals surface area contributed by atoms with Crippen LogP contribution in [0.3, 0.4) is 0 Å². The first-order chi connectivity index (χ1) is 15.6. The number of fused-ring (bicyclic) bond motifs is 1. The number of ether oxygens (including phenoxy) is 2. The van der Waals surface area contributed by atoms with Crippen LogP contribution >= 0.6 is 0 Å². The largest absolute Gasteiger partial charge is 0.495 e. The molecular weight excluding hydrogens is 461 g/mol. The lowest BCUT2D eigenvalue weighted by atomic mass is 10.2. The summed E-state index contributed by atoms with van der Waals surface area (Å²) in [4.78, 5) is 4.53. The molecule has 0 unspecified atom stereocenters. The van der Waals surface area contributed by atoms with Gasteiger partial charge in [0.2, 0.25) is 0 Å².